The number of halogens is 1. The third kappa shape index (κ3) is 3.90. The highest BCUT2D eigenvalue weighted by molar-refractivity contribution is 7.22. The predicted molar refractivity (Wildman–Crippen MR) is 135 cm³/mol. The van der Waals surface area contributed by atoms with Gasteiger partial charge in [0.15, 0.2) is 16.6 Å². The zero-order chi connectivity index (χ0) is 24.9. The molecule has 0 radical (unpaired) electrons. The number of aliphatic hydroxyl groups excluding tert-OH is 1. The standard InChI is InChI=1S/C26H19ClN2O5S/c1-13-3-9-17-20(11-13)35-26(28-17)29-22(15-6-10-18(30)19(12-15)34-2)21(24(32)25(29)33)23(31)14-4-7-16(27)8-5-14/h3-12,22,30-31H,1-2H3/b23-21+. The van der Waals surface area contributed by atoms with Gasteiger partial charge in [0.2, 0.25) is 0 Å². The molecule has 0 bridgehead atoms. The number of aromatic nitrogens is 1. The number of aryl methyl sites for hydroxylation is 1. The van der Waals surface area contributed by atoms with Gasteiger partial charge in [0.1, 0.15) is 5.76 Å². The Morgan fingerprint density at radius 2 is 1.83 bits per heavy atom. The second-order valence-electron chi connectivity index (χ2n) is 8.07. The van der Waals surface area contributed by atoms with Crippen LogP contribution in [0.2, 0.25) is 5.02 Å². The number of hydrogen-bond donors (Lipinski definition) is 2. The molecule has 1 aliphatic rings. The van der Waals surface area contributed by atoms with E-state index in [9.17, 15) is 19.8 Å². The van der Waals surface area contributed by atoms with E-state index in [1.807, 2.05) is 25.1 Å². The number of carbonyl (C=O) groups excluding carboxylic acids is 2. The number of anilines is 1. The van der Waals surface area contributed by atoms with Gasteiger partial charge in [0.05, 0.1) is 28.9 Å². The van der Waals surface area contributed by atoms with Crippen LogP contribution >= 0.6 is 22.9 Å². The number of hydrogen-bond acceptors (Lipinski definition) is 7. The number of ketones is 1. The third-order valence-electron chi connectivity index (χ3n) is 5.82. The number of phenols is 1. The van der Waals surface area contributed by atoms with E-state index in [4.69, 9.17) is 16.3 Å². The molecule has 4 aromatic rings. The fourth-order valence-electron chi connectivity index (χ4n) is 4.10. The van der Waals surface area contributed by atoms with Crippen LogP contribution in [0.25, 0.3) is 16.0 Å². The number of phenolic OH excluding ortho intramolecular Hbond substituents is 1. The van der Waals surface area contributed by atoms with Crippen molar-refractivity contribution in [3.8, 4) is 11.5 Å². The summed E-state index contributed by atoms with van der Waals surface area (Å²) >= 11 is 7.26. The van der Waals surface area contributed by atoms with Crippen molar-refractivity contribution in [3.63, 3.8) is 0 Å². The summed E-state index contributed by atoms with van der Waals surface area (Å²) in [5.74, 6) is -1.92. The first-order valence-corrected chi connectivity index (χ1v) is 11.8. The van der Waals surface area contributed by atoms with Gasteiger partial charge in [-0.05, 0) is 66.6 Å². The summed E-state index contributed by atoms with van der Waals surface area (Å²) in [6.07, 6.45) is 0. The summed E-state index contributed by atoms with van der Waals surface area (Å²) in [6, 6.07) is 15.6. The Hall–Kier alpha value is -3.88. The Morgan fingerprint density at radius 1 is 1.09 bits per heavy atom. The Labute approximate surface area is 209 Å². The summed E-state index contributed by atoms with van der Waals surface area (Å²) in [4.78, 5) is 32.5. The second kappa shape index (κ2) is 8.72. The van der Waals surface area contributed by atoms with E-state index < -0.39 is 17.7 Å². The number of amides is 1. The molecule has 35 heavy (non-hydrogen) atoms. The van der Waals surface area contributed by atoms with E-state index in [0.717, 1.165) is 10.3 Å². The van der Waals surface area contributed by atoms with Gasteiger partial charge in [-0.3, -0.25) is 14.5 Å². The molecule has 9 heteroatoms. The fourth-order valence-corrected chi connectivity index (χ4v) is 5.31. The van der Waals surface area contributed by atoms with E-state index in [-0.39, 0.29) is 22.8 Å². The summed E-state index contributed by atoms with van der Waals surface area (Å²) in [5.41, 5.74) is 2.43. The van der Waals surface area contributed by atoms with Crippen LogP contribution in [0, 0.1) is 6.92 Å². The molecule has 0 saturated carbocycles. The third-order valence-corrected chi connectivity index (χ3v) is 7.09. The van der Waals surface area contributed by atoms with Crippen molar-refractivity contribution in [2.45, 2.75) is 13.0 Å². The Kier molecular flexibility index (Phi) is 5.70. The summed E-state index contributed by atoms with van der Waals surface area (Å²) in [5, 5.41) is 22.1. The number of thiazole rings is 1. The van der Waals surface area contributed by atoms with Crippen LogP contribution in [0.4, 0.5) is 5.13 Å². The van der Waals surface area contributed by atoms with Crippen molar-refractivity contribution >= 4 is 55.7 Å². The van der Waals surface area contributed by atoms with E-state index in [2.05, 4.69) is 4.98 Å². The maximum Gasteiger partial charge on any atom is 0.301 e. The van der Waals surface area contributed by atoms with E-state index in [1.165, 1.54) is 35.5 Å². The molecule has 3 aromatic carbocycles. The minimum absolute atomic E-state index is 0.0960. The number of Topliss-reactive ketones (excluding diaryl/α,β-unsaturated/α-hetero) is 1. The van der Waals surface area contributed by atoms with Gasteiger partial charge in [-0.2, -0.15) is 0 Å². The lowest BCUT2D eigenvalue weighted by atomic mass is 9.95. The number of aromatic hydroxyl groups is 1. The number of carbonyl (C=O) groups is 2. The maximum absolute atomic E-state index is 13.4. The number of benzene rings is 3. The molecule has 0 aliphatic carbocycles. The lowest BCUT2D eigenvalue weighted by molar-refractivity contribution is -0.132. The average molecular weight is 507 g/mol. The van der Waals surface area contributed by atoms with Crippen LogP contribution in [0.3, 0.4) is 0 Å². The Balaban J connectivity index is 1.75. The Bertz CT molecular complexity index is 1530. The van der Waals surface area contributed by atoms with Gasteiger partial charge >= 0.3 is 5.91 Å². The molecule has 5 rings (SSSR count). The zero-order valence-corrected chi connectivity index (χ0v) is 20.2. The molecule has 1 saturated heterocycles. The number of aliphatic hydroxyl groups is 1. The molecule has 1 fully saturated rings. The molecule has 176 valence electrons. The van der Waals surface area contributed by atoms with Crippen molar-refractivity contribution in [3.05, 3.63) is 87.9 Å². The maximum atomic E-state index is 13.4. The van der Waals surface area contributed by atoms with Crippen LogP contribution in [0.5, 0.6) is 11.5 Å². The van der Waals surface area contributed by atoms with Crippen LogP contribution in [-0.2, 0) is 9.59 Å². The van der Waals surface area contributed by atoms with Gasteiger partial charge in [-0.1, -0.05) is 35.1 Å². The molecule has 0 spiro atoms. The highest BCUT2D eigenvalue weighted by Gasteiger charge is 2.48. The van der Waals surface area contributed by atoms with Crippen molar-refractivity contribution in [2.75, 3.05) is 12.0 Å². The van der Waals surface area contributed by atoms with Crippen LogP contribution < -0.4 is 9.64 Å². The van der Waals surface area contributed by atoms with Gasteiger partial charge < -0.3 is 14.9 Å². The van der Waals surface area contributed by atoms with Gasteiger partial charge in [0, 0.05) is 10.6 Å². The normalized spacial score (nSPS) is 17.3. The van der Waals surface area contributed by atoms with E-state index >= 15 is 0 Å². The number of nitrogens with zero attached hydrogens (tertiary/aromatic N) is 2. The lowest BCUT2D eigenvalue weighted by Gasteiger charge is -2.23. The van der Waals surface area contributed by atoms with Crippen molar-refractivity contribution < 1.29 is 24.5 Å². The molecular weight excluding hydrogens is 488 g/mol. The highest BCUT2D eigenvalue weighted by Crippen LogP contribution is 2.45. The molecule has 2 heterocycles. The second-order valence-corrected chi connectivity index (χ2v) is 9.52. The smallest absolute Gasteiger partial charge is 0.301 e. The van der Waals surface area contributed by atoms with Gasteiger partial charge in [-0.25, -0.2) is 4.98 Å². The quantitative estimate of drug-likeness (QED) is 0.212. The summed E-state index contributed by atoms with van der Waals surface area (Å²) in [6.45, 7) is 1.96. The largest absolute Gasteiger partial charge is 0.507 e. The molecule has 1 aromatic heterocycles. The van der Waals surface area contributed by atoms with Crippen LogP contribution in [0.1, 0.15) is 22.7 Å². The van der Waals surface area contributed by atoms with Crippen molar-refractivity contribution in [1.29, 1.82) is 0 Å². The Morgan fingerprint density at radius 3 is 2.54 bits per heavy atom. The molecule has 1 unspecified atom stereocenters. The number of ether oxygens (including phenoxy) is 1. The minimum Gasteiger partial charge on any atom is -0.507 e. The van der Waals surface area contributed by atoms with Gasteiger partial charge in [0.25, 0.3) is 5.78 Å². The minimum atomic E-state index is -0.998. The molecule has 1 aliphatic heterocycles. The van der Waals surface area contributed by atoms with E-state index in [0.29, 0.717) is 26.8 Å². The highest BCUT2D eigenvalue weighted by atomic mass is 35.5. The first kappa shape index (κ1) is 22.9. The number of methoxy groups -OCH3 is 1. The van der Waals surface area contributed by atoms with Crippen LogP contribution in [0.15, 0.2) is 66.2 Å². The van der Waals surface area contributed by atoms with Crippen molar-refractivity contribution in [1.82, 2.24) is 4.98 Å². The van der Waals surface area contributed by atoms with Crippen molar-refractivity contribution in [2.24, 2.45) is 0 Å². The van der Waals surface area contributed by atoms with Crippen LogP contribution in [-0.4, -0.2) is 34.0 Å². The summed E-state index contributed by atoms with van der Waals surface area (Å²) < 4.78 is 6.11. The molecule has 7 nitrogen and oxygen atoms in total. The lowest BCUT2D eigenvalue weighted by Crippen LogP contribution is -2.29. The first-order valence-electron chi connectivity index (χ1n) is 10.6. The van der Waals surface area contributed by atoms with E-state index in [1.54, 1.807) is 30.3 Å². The number of fused-ring (bicyclic) bond motifs is 1. The van der Waals surface area contributed by atoms with Gasteiger partial charge in [-0.15, -0.1) is 0 Å². The average Bonchev–Trinajstić information content (AvgIpc) is 3.37. The molecule has 1 amide bonds. The predicted octanol–water partition coefficient (Wildman–Crippen LogP) is 5.60. The summed E-state index contributed by atoms with van der Waals surface area (Å²) in [7, 11) is 1.40. The molecule has 2 N–H and O–H groups in total. The molecular formula is C26H19ClN2O5S. The number of rotatable bonds is 4. The monoisotopic (exact) mass is 506 g/mol. The fraction of sp³-hybridized carbons (Fsp3) is 0.115. The SMILES string of the molecule is COc1cc(C2/C(=C(\O)c3ccc(Cl)cc3)C(=O)C(=O)N2c2nc3ccc(C)cc3s2)ccc1O. The topological polar surface area (TPSA) is 100.0 Å². The zero-order valence-electron chi connectivity index (χ0n) is 18.7. The first-order chi connectivity index (χ1) is 16.8. The molecule has 1 atom stereocenters.